The van der Waals surface area contributed by atoms with Crippen LogP contribution in [0.4, 0.5) is 0 Å². The largest absolute Gasteiger partial charge is 0.0890 e. The Kier molecular flexibility index (Phi) is 1.56. The molecule has 0 aromatic rings. The first-order valence-corrected chi connectivity index (χ1v) is 4.90. The van der Waals surface area contributed by atoms with Gasteiger partial charge in [0.15, 0.2) is 0 Å². The average Bonchev–Trinajstić information content (AvgIpc) is 2.11. The normalized spacial score (nSPS) is 49.7. The van der Waals surface area contributed by atoms with Crippen molar-refractivity contribution in [3.05, 3.63) is 0 Å². The molecule has 2 fully saturated rings. The molecule has 0 radical (unpaired) electrons. The Balaban J connectivity index is 2.03. The summed E-state index contributed by atoms with van der Waals surface area (Å²) in [6.07, 6.45) is 7.49. The zero-order valence-corrected chi connectivity index (χ0v) is 7.23. The molecule has 2 aliphatic carbocycles. The molecule has 0 saturated heterocycles. The van der Waals surface area contributed by atoms with Crippen LogP contribution in [0.3, 0.4) is 0 Å². The Hall–Kier alpha value is 0.480. The van der Waals surface area contributed by atoms with Crippen LogP contribution in [0.5, 0.6) is 0 Å². The summed E-state index contributed by atoms with van der Waals surface area (Å²) < 4.78 is 0. The summed E-state index contributed by atoms with van der Waals surface area (Å²) in [6, 6.07) is 0. The summed E-state index contributed by atoms with van der Waals surface area (Å²) in [6.45, 7) is 0. The summed E-state index contributed by atoms with van der Waals surface area (Å²) in [5.74, 6) is 2.18. The van der Waals surface area contributed by atoms with Gasteiger partial charge in [-0.3, -0.25) is 0 Å². The van der Waals surface area contributed by atoms with Crippen molar-refractivity contribution in [1.82, 2.24) is 0 Å². The number of rotatable bonds is 0. The highest BCUT2D eigenvalue weighted by molar-refractivity contribution is 9.09. The molecule has 0 nitrogen and oxygen atoms in total. The molecule has 52 valence electrons. The van der Waals surface area contributed by atoms with E-state index < -0.39 is 0 Å². The molecule has 0 aliphatic heterocycles. The number of fused-ring (bicyclic) bond motifs is 2. The lowest BCUT2D eigenvalue weighted by Gasteiger charge is -2.22. The molecule has 1 unspecified atom stereocenters. The van der Waals surface area contributed by atoms with E-state index in [9.17, 15) is 0 Å². The molecule has 0 spiro atoms. The average molecular weight is 189 g/mol. The zero-order chi connectivity index (χ0) is 6.27. The predicted octanol–water partition coefficient (Wildman–Crippen LogP) is 2.96. The summed E-state index contributed by atoms with van der Waals surface area (Å²) in [4.78, 5) is 0.865. The van der Waals surface area contributed by atoms with Crippen molar-refractivity contribution in [2.45, 2.75) is 36.9 Å². The molecule has 2 saturated carbocycles. The molecule has 2 rings (SSSR count). The lowest BCUT2D eigenvalue weighted by Crippen LogP contribution is -2.14. The second kappa shape index (κ2) is 2.26. The van der Waals surface area contributed by atoms with Gasteiger partial charge in [0.1, 0.15) is 0 Å². The number of halogens is 1. The van der Waals surface area contributed by atoms with Crippen LogP contribution >= 0.6 is 15.9 Å². The van der Waals surface area contributed by atoms with E-state index in [1.165, 1.54) is 25.7 Å². The van der Waals surface area contributed by atoms with Crippen LogP contribution in [-0.4, -0.2) is 4.83 Å². The first kappa shape index (κ1) is 6.21. The SMILES string of the molecule is BrC1C[C@H]2CC[C@@H](C1)C2. The van der Waals surface area contributed by atoms with Gasteiger partial charge in [-0.15, -0.1) is 0 Å². The van der Waals surface area contributed by atoms with Gasteiger partial charge in [0.05, 0.1) is 0 Å². The van der Waals surface area contributed by atoms with Gasteiger partial charge in [-0.1, -0.05) is 28.8 Å². The van der Waals surface area contributed by atoms with E-state index in [0.29, 0.717) is 0 Å². The Morgan fingerprint density at radius 3 is 2.00 bits per heavy atom. The molecule has 0 aromatic carbocycles. The molecular formula is C8H13Br. The highest BCUT2D eigenvalue weighted by Gasteiger charge is 2.32. The molecule has 0 heterocycles. The summed E-state index contributed by atoms with van der Waals surface area (Å²) in [5.41, 5.74) is 0. The maximum atomic E-state index is 3.71. The van der Waals surface area contributed by atoms with Crippen LogP contribution < -0.4 is 0 Å². The van der Waals surface area contributed by atoms with Gasteiger partial charge in [-0.2, -0.15) is 0 Å². The van der Waals surface area contributed by atoms with Crippen molar-refractivity contribution in [3.8, 4) is 0 Å². The van der Waals surface area contributed by atoms with Crippen molar-refractivity contribution < 1.29 is 0 Å². The van der Waals surface area contributed by atoms with Crippen LogP contribution in [0, 0.1) is 11.8 Å². The molecule has 9 heavy (non-hydrogen) atoms. The molecule has 0 amide bonds. The van der Waals surface area contributed by atoms with Crippen LogP contribution in [0.1, 0.15) is 32.1 Å². The van der Waals surface area contributed by atoms with Gasteiger partial charge < -0.3 is 0 Å². The van der Waals surface area contributed by atoms with Crippen LogP contribution in [0.2, 0.25) is 0 Å². The number of hydrogen-bond donors (Lipinski definition) is 0. The van der Waals surface area contributed by atoms with Crippen molar-refractivity contribution in [2.24, 2.45) is 11.8 Å². The fraction of sp³-hybridized carbons (Fsp3) is 1.00. The van der Waals surface area contributed by atoms with E-state index in [0.717, 1.165) is 16.7 Å². The van der Waals surface area contributed by atoms with E-state index >= 15 is 0 Å². The predicted molar refractivity (Wildman–Crippen MR) is 42.8 cm³/mol. The van der Waals surface area contributed by atoms with Crippen molar-refractivity contribution in [3.63, 3.8) is 0 Å². The monoisotopic (exact) mass is 188 g/mol. The molecule has 0 aromatic heterocycles. The number of alkyl halides is 1. The van der Waals surface area contributed by atoms with Crippen LogP contribution in [0.15, 0.2) is 0 Å². The molecular weight excluding hydrogens is 176 g/mol. The fourth-order valence-electron chi connectivity index (χ4n) is 2.43. The lowest BCUT2D eigenvalue weighted by molar-refractivity contribution is 0.372. The van der Waals surface area contributed by atoms with E-state index in [1.54, 1.807) is 6.42 Å². The summed E-state index contributed by atoms with van der Waals surface area (Å²) in [5, 5.41) is 0. The second-order valence-corrected chi connectivity index (χ2v) is 4.91. The molecule has 2 aliphatic rings. The first-order chi connectivity index (χ1) is 4.34. The smallest absolute Gasteiger partial charge is 0.0151 e. The highest BCUT2D eigenvalue weighted by Crippen LogP contribution is 2.44. The molecule has 0 N–H and O–H groups in total. The third-order valence-corrected chi connectivity index (χ3v) is 3.58. The third-order valence-electron chi connectivity index (χ3n) is 2.83. The highest BCUT2D eigenvalue weighted by atomic mass is 79.9. The second-order valence-electron chi connectivity index (χ2n) is 3.61. The minimum atomic E-state index is 0.865. The molecule has 1 heteroatoms. The summed E-state index contributed by atoms with van der Waals surface area (Å²) in [7, 11) is 0. The van der Waals surface area contributed by atoms with E-state index in [-0.39, 0.29) is 0 Å². The quantitative estimate of drug-likeness (QED) is 0.514. The van der Waals surface area contributed by atoms with Crippen molar-refractivity contribution in [1.29, 1.82) is 0 Å². The minimum absolute atomic E-state index is 0.865. The fourth-order valence-corrected chi connectivity index (χ4v) is 3.48. The van der Waals surface area contributed by atoms with E-state index in [2.05, 4.69) is 15.9 Å². The minimum Gasteiger partial charge on any atom is -0.0890 e. The van der Waals surface area contributed by atoms with Crippen molar-refractivity contribution in [2.75, 3.05) is 0 Å². The van der Waals surface area contributed by atoms with Gasteiger partial charge in [0.25, 0.3) is 0 Å². The van der Waals surface area contributed by atoms with Gasteiger partial charge in [0.2, 0.25) is 0 Å². The Labute approximate surface area is 65.1 Å². The van der Waals surface area contributed by atoms with Crippen LogP contribution in [-0.2, 0) is 0 Å². The van der Waals surface area contributed by atoms with E-state index in [4.69, 9.17) is 0 Å². The Morgan fingerprint density at radius 2 is 1.44 bits per heavy atom. The zero-order valence-electron chi connectivity index (χ0n) is 5.65. The van der Waals surface area contributed by atoms with E-state index in [1.807, 2.05) is 0 Å². The number of hydrogen-bond acceptors (Lipinski definition) is 0. The maximum absolute atomic E-state index is 3.71. The van der Waals surface area contributed by atoms with Gasteiger partial charge in [0, 0.05) is 4.83 Å². The van der Waals surface area contributed by atoms with Gasteiger partial charge in [-0.25, -0.2) is 0 Å². The van der Waals surface area contributed by atoms with Crippen molar-refractivity contribution >= 4 is 15.9 Å². The molecule has 2 bridgehead atoms. The standard InChI is InChI=1S/C8H13Br/c9-8-4-6-1-2-7(3-6)5-8/h6-8H,1-5H2/t6-,7+,8?. The third kappa shape index (κ3) is 1.17. The lowest BCUT2D eigenvalue weighted by atomic mass is 9.89. The Morgan fingerprint density at radius 1 is 0.889 bits per heavy atom. The Bertz CT molecular complexity index is 99.1. The maximum Gasteiger partial charge on any atom is 0.0151 e. The summed E-state index contributed by atoms with van der Waals surface area (Å²) >= 11 is 3.71. The molecule has 3 atom stereocenters. The van der Waals surface area contributed by atoms with Gasteiger partial charge >= 0.3 is 0 Å². The van der Waals surface area contributed by atoms with Crippen LogP contribution in [0.25, 0.3) is 0 Å². The topological polar surface area (TPSA) is 0 Å². The van der Waals surface area contributed by atoms with Gasteiger partial charge in [-0.05, 0) is 31.1 Å². The first-order valence-electron chi connectivity index (χ1n) is 3.98.